The Morgan fingerprint density at radius 3 is 2.71 bits per heavy atom. The number of nitrogens with zero attached hydrogens (tertiary/aromatic N) is 2. The van der Waals surface area contributed by atoms with Crippen molar-refractivity contribution >= 4 is 5.91 Å². The molecular formula is C16H13N3O2. The van der Waals surface area contributed by atoms with Gasteiger partial charge in [-0.05, 0) is 23.8 Å². The third kappa shape index (κ3) is 3.14. The number of benzene rings is 1. The van der Waals surface area contributed by atoms with Crippen LogP contribution in [0.5, 0.6) is 0 Å². The minimum Gasteiger partial charge on any atom is -0.431 e. The second-order valence-corrected chi connectivity index (χ2v) is 4.44. The van der Waals surface area contributed by atoms with Crippen molar-refractivity contribution in [1.29, 1.82) is 0 Å². The highest BCUT2D eigenvalue weighted by Gasteiger charge is 2.13. The number of hydrogen-bond acceptors (Lipinski definition) is 4. The first-order chi connectivity index (χ1) is 10.3. The van der Waals surface area contributed by atoms with Crippen LogP contribution in [0.2, 0.25) is 0 Å². The molecule has 1 amide bonds. The van der Waals surface area contributed by atoms with Crippen LogP contribution in [0.25, 0.3) is 11.5 Å². The minimum atomic E-state index is -0.298. The smallest absolute Gasteiger partial charge is 0.288 e. The van der Waals surface area contributed by atoms with Crippen LogP contribution in [0, 0.1) is 0 Å². The Balaban J connectivity index is 1.67. The quantitative estimate of drug-likeness (QED) is 0.797. The van der Waals surface area contributed by atoms with E-state index < -0.39 is 0 Å². The first kappa shape index (κ1) is 13.1. The highest BCUT2D eigenvalue weighted by atomic mass is 16.4. The topological polar surface area (TPSA) is 68.0 Å². The van der Waals surface area contributed by atoms with Crippen LogP contribution in [-0.4, -0.2) is 15.9 Å². The monoisotopic (exact) mass is 279 g/mol. The number of hydrogen-bond donors (Lipinski definition) is 1. The summed E-state index contributed by atoms with van der Waals surface area (Å²) in [6, 6.07) is 13.2. The molecule has 2 aromatic heterocycles. The molecule has 0 aliphatic heterocycles. The summed E-state index contributed by atoms with van der Waals surface area (Å²) in [5.74, 6) is 0.327. The van der Waals surface area contributed by atoms with Crippen molar-refractivity contribution in [3.63, 3.8) is 0 Å². The summed E-state index contributed by atoms with van der Waals surface area (Å²) in [5.41, 5.74) is 1.76. The van der Waals surface area contributed by atoms with E-state index in [4.69, 9.17) is 4.42 Å². The summed E-state index contributed by atoms with van der Waals surface area (Å²) in [6.45, 7) is 0.397. The summed E-state index contributed by atoms with van der Waals surface area (Å²) in [7, 11) is 0. The van der Waals surface area contributed by atoms with Crippen molar-refractivity contribution in [1.82, 2.24) is 15.3 Å². The zero-order valence-electron chi connectivity index (χ0n) is 11.2. The van der Waals surface area contributed by atoms with E-state index >= 15 is 0 Å². The molecule has 3 rings (SSSR count). The fourth-order valence-corrected chi connectivity index (χ4v) is 1.87. The minimum absolute atomic E-state index is 0.192. The molecule has 104 valence electrons. The molecule has 0 unspecified atom stereocenters. The van der Waals surface area contributed by atoms with Crippen LogP contribution in [0.15, 0.2) is 65.5 Å². The zero-order valence-corrected chi connectivity index (χ0v) is 11.2. The lowest BCUT2D eigenvalue weighted by molar-refractivity contribution is 0.0924. The van der Waals surface area contributed by atoms with Gasteiger partial charge in [0.2, 0.25) is 11.7 Å². The van der Waals surface area contributed by atoms with Gasteiger partial charge in [-0.3, -0.25) is 9.78 Å². The number of pyridine rings is 1. The molecule has 0 aliphatic rings. The molecule has 0 aliphatic carbocycles. The fraction of sp³-hybridized carbons (Fsp3) is 0.0625. The van der Waals surface area contributed by atoms with Crippen molar-refractivity contribution < 1.29 is 9.21 Å². The highest BCUT2D eigenvalue weighted by Crippen LogP contribution is 2.18. The first-order valence-corrected chi connectivity index (χ1v) is 6.51. The van der Waals surface area contributed by atoms with Crippen molar-refractivity contribution in [2.75, 3.05) is 0 Å². The Labute approximate surface area is 121 Å². The first-order valence-electron chi connectivity index (χ1n) is 6.51. The third-order valence-corrected chi connectivity index (χ3v) is 2.93. The maximum atomic E-state index is 12.0. The van der Waals surface area contributed by atoms with E-state index in [1.807, 2.05) is 42.5 Å². The SMILES string of the molecule is O=C(NCc1cccnc1)c1cnc(-c2ccccc2)o1. The summed E-state index contributed by atoms with van der Waals surface area (Å²) >= 11 is 0. The number of carbonyl (C=O) groups is 1. The van der Waals surface area contributed by atoms with Crippen molar-refractivity contribution in [2.24, 2.45) is 0 Å². The van der Waals surface area contributed by atoms with Gasteiger partial charge in [0.15, 0.2) is 0 Å². The van der Waals surface area contributed by atoms with Crippen molar-refractivity contribution in [2.45, 2.75) is 6.54 Å². The fourth-order valence-electron chi connectivity index (χ4n) is 1.87. The molecule has 0 bridgehead atoms. The van der Waals surface area contributed by atoms with Crippen LogP contribution in [0.1, 0.15) is 16.1 Å². The van der Waals surface area contributed by atoms with Crippen LogP contribution >= 0.6 is 0 Å². The maximum Gasteiger partial charge on any atom is 0.288 e. The average molecular weight is 279 g/mol. The number of oxazole rings is 1. The van der Waals surface area contributed by atoms with Gasteiger partial charge in [0, 0.05) is 24.5 Å². The van der Waals surface area contributed by atoms with Crippen LogP contribution in [0.4, 0.5) is 0 Å². The maximum absolute atomic E-state index is 12.0. The van der Waals surface area contributed by atoms with Gasteiger partial charge in [-0.15, -0.1) is 0 Å². The van der Waals surface area contributed by atoms with Crippen LogP contribution < -0.4 is 5.32 Å². The molecule has 0 saturated heterocycles. The van der Waals surface area contributed by atoms with E-state index in [9.17, 15) is 4.79 Å². The van der Waals surface area contributed by atoms with Crippen LogP contribution in [0.3, 0.4) is 0 Å². The van der Waals surface area contributed by atoms with Gasteiger partial charge in [-0.2, -0.15) is 0 Å². The van der Waals surface area contributed by atoms with Gasteiger partial charge in [0.25, 0.3) is 5.91 Å². The van der Waals surface area contributed by atoms with E-state index in [1.54, 1.807) is 12.4 Å². The number of amides is 1. The Bertz CT molecular complexity index is 724. The Kier molecular flexibility index (Phi) is 3.73. The van der Waals surface area contributed by atoms with Crippen LogP contribution in [-0.2, 0) is 6.54 Å². The normalized spacial score (nSPS) is 10.3. The predicted octanol–water partition coefficient (Wildman–Crippen LogP) is 2.67. The average Bonchev–Trinajstić information content (AvgIpc) is 3.04. The molecule has 0 saturated carbocycles. The second-order valence-electron chi connectivity index (χ2n) is 4.44. The van der Waals surface area contributed by atoms with E-state index in [2.05, 4.69) is 15.3 Å². The second kappa shape index (κ2) is 6.00. The summed E-state index contributed by atoms with van der Waals surface area (Å²) < 4.78 is 5.48. The predicted molar refractivity (Wildman–Crippen MR) is 77.3 cm³/mol. The Hall–Kier alpha value is -2.95. The number of nitrogens with one attached hydrogen (secondary N) is 1. The van der Waals surface area contributed by atoms with Crippen molar-refractivity contribution in [3.05, 3.63) is 72.4 Å². The summed E-state index contributed by atoms with van der Waals surface area (Å²) in [4.78, 5) is 20.1. The molecule has 1 N–H and O–H groups in total. The molecule has 2 heterocycles. The molecule has 5 nitrogen and oxygen atoms in total. The van der Waals surface area contributed by atoms with Gasteiger partial charge < -0.3 is 9.73 Å². The molecule has 5 heteroatoms. The molecule has 0 atom stereocenters. The largest absolute Gasteiger partial charge is 0.431 e. The number of rotatable bonds is 4. The molecular weight excluding hydrogens is 266 g/mol. The zero-order chi connectivity index (χ0) is 14.5. The lowest BCUT2D eigenvalue weighted by Crippen LogP contribution is -2.22. The molecule has 3 aromatic rings. The van der Waals surface area contributed by atoms with Gasteiger partial charge in [0.05, 0.1) is 6.20 Å². The molecule has 0 radical (unpaired) electrons. The Morgan fingerprint density at radius 1 is 1.10 bits per heavy atom. The van der Waals surface area contributed by atoms with Crippen molar-refractivity contribution in [3.8, 4) is 11.5 Å². The van der Waals surface area contributed by atoms with Gasteiger partial charge >= 0.3 is 0 Å². The third-order valence-electron chi connectivity index (χ3n) is 2.93. The molecule has 1 aromatic carbocycles. The molecule has 0 fully saturated rings. The van der Waals surface area contributed by atoms with E-state index in [1.165, 1.54) is 6.20 Å². The molecule has 0 spiro atoms. The number of carbonyl (C=O) groups excluding carboxylic acids is 1. The molecule has 21 heavy (non-hydrogen) atoms. The van der Waals surface area contributed by atoms with Gasteiger partial charge in [-0.1, -0.05) is 24.3 Å². The summed E-state index contributed by atoms with van der Waals surface area (Å²) in [6.07, 6.45) is 4.82. The number of aromatic nitrogens is 2. The van der Waals surface area contributed by atoms with E-state index in [-0.39, 0.29) is 11.7 Å². The Morgan fingerprint density at radius 2 is 1.95 bits per heavy atom. The lowest BCUT2D eigenvalue weighted by atomic mass is 10.2. The lowest BCUT2D eigenvalue weighted by Gasteiger charge is -2.02. The van der Waals surface area contributed by atoms with Gasteiger partial charge in [0.1, 0.15) is 0 Å². The van der Waals surface area contributed by atoms with E-state index in [0.29, 0.717) is 12.4 Å². The summed E-state index contributed by atoms with van der Waals surface area (Å²) in [5, 5.41) is 2.77. The standard InChI is InChI=1S/C16H13N3O2/c20-15(18-10-12-5-4-8-17-9-12)14-11-19-16(21-14)13-6-2-1-3-7-13/h1-9,11H,10H2,(H,18,20). The highest BCUT2D eigenvalue weighted by molar-refractivity contribution is 5.91. The van der Waals surface area contributed by atoms with E-state index in [0.717, 1.165) is 11.1 Å². The van der Waals surface area contributed by atoms with Gasteiger partial charge in [-0.25, -0.2) is 4.98 Å².